The summed E-state index contributed by atoms with van der Waals surface area (Å²) >= 11 is 0. The number of nitrogens with two attached hydrogens (primary N) is 1. The number of hydrogen-bond acceptors (Lipinski definition) is 2. The van der Waals surface area contributed by atoms with E-state index in [2.05, 4.69) is 41.7 Å². The van der Waals surface area contributed by atoms with Crippen molar-refractivity contribution in [2.24, 2.45) is 5.73 Å². The molecule has 4 aromatic carbocycles. The Morgan fingerprint density at radius 2 is 0.968 bits per heavy atom. The first-order chi connectivity index (χ1) is 15.3. The number of benzene rings is 4. The molecule has 4 rings (SSSR count). The second-order valence-corrected chi connectivity index (χ2v) is 10.4. The summed E-state index contributed by atoms with van der Waals surface area (Å²) in [6.45, 7) is 0. The Labute approximate surface area is 183 Å². The lowest BCUT2D eigenvalue weighted by Crippen LogP contribution is -2.38. The molecule has 1 amide bonds. The molecule has 3 N–H and O–H groups in total. The van der Waals surface area contributed by atoms with Crippen molar-refractivity contribution in [3.63, 3.8) is 0 Å². The third kappa shape index (κ3) is 4.01. The quantitative estimate of drug-likeness (QED) is 0.458. The molecule has 4 aromatic rings. The van der Waals surface area contributed by atoms with Gasteiger partial charge in [0.15, 0.2) is 12.7 Å². The standard InChI is InChI=1S/C27H23N2OP/c28-21-26(29-27(30)22-13-5-1-6-14-22)31(23-15-7-2-8-16-23,24-17-9-3-10-18-24)25-19-11-4-12-20-25/h1-21H,28H2/p+1. The molecular weight excluding hydrogens is 399 g/mol. The van der Waals surface area contributed by atoms with Crippen LogP contribution in [0.5, 0.6) is 0 Å². The number of carbonyl (C=O) groups is 1. The number of rotatable bonds is 6. The second kappa shape index (κ2) is 9.42. The first kappa shape index (κ1) is 20.6. The number of hydrogen-bond donors (Lipinski definition) is 2. The van der Waals surface area contributed by atoms with Gasteiger partial charge in [-0.2, -0.15) is 0 Å². The van der Waals surface area contributed by atoms with Gasteiger partial charge < -0.3 is 5.73 Å². The Morgan fingerprint density at radius 3 is 1.32 bits per heavy atom. The largest absolute Gasteiger partial charge is 0.400 e. The van der Waals surface area contributed by atoms with Crippen LogP contribution in [0.15, 0.2) is 133 Å². The van der Waals surface area contributed by atoms with Gasteiger partial charge in [0.05, 0.1) is 6.20 Å². The summed E-state index contributed by atoms with van der Waals surface area (Å²) < 4.78 is 0. The third-order valence-electron chi connectivity index (χ3n) is 5.23. The SMILES string of the molecule is NC=C(NC(=O)c1ccccc1)[P+](c1ccccc1)(c1ccccc1)c1ccccc1. The van der Waals surface area contributed by atoms with E-state index < -0.39 is 7.26 Å². The van der Waals surface area contributed by atoms with Crippen LogP contribution in [-0.4, -0.2) is 5.91 Å². The van der Waals surface area contributed by atoms with Crippen molar-refractivity contribution in [3.8, 4) is 0 Å². The zero-order valence-corrected chi connectivity index (χ0v) is 18.0. The molecule has 0 bridgehead atoms. The minimum Gasteiger partial charge on any atom is -0.400 e. The molecular formula is C27H24N2OP+. The topological polar surface area (TPSA) is 55.1 Å². The predicted molar refractivity (Wildman–Crippen MR) is 131 cm³/mol. The Balaban J connectivity index is 1.96. The minimum atomic E-state index is -2.43. The van der Waals surface area contributed by atoms with E-state index >= 15 is 0 Å². The lowest BCUT2D eigenvalue weighted by molar-refractivity contribution is 0.0968. The van der Waals surface area contributed by atoms with E-state index in [9.17, 15) is 4.79 Å². The predicted octanol–water partition coefficient (Wildman–Crippen LogP) is 4.17. The monoisotopic (exact) mass is 423 g/mol. The van der Waals surface area contributed by atoms with Crippen LogP contribution in [0.1, 0.15) is 10.4 Å². The smallest absolute Gasteiger partial charge is 0.258 e. The van der Waals surface area contributed by atoms with E-state index in [4.69, 9.17) is 5.73 Å². The third-order valence-corrected chi connectivity index (χ3v) is 9.43. The zero-order chi connectivity index (χ0) is 21.5. The first-order valence-electron chi connectivity index (χ1n) is 10.1. The van der Waals surface area contributed by atoms with Gasteiger partial charge in [-0.15, -0.1) is 0 Å². The van der Waals surface area contributed by atoms with Crippen molar-refractivity contribution in [3.05, 3.63) is 139 Å². The molecule has 3 nitrogen and oxygen atoms in total. The summed E-state index contributed by atoms with van der Waals surface area (Å²) in [4.78, 5) is 13.2. The fourth-order valence-electron chi connectivity index (χ4n) is 3.83. The van der Waals surface area contributed by atoms with E-state index in [1.165, 1.54) is 0 Å². The van der Waals surface area contributed by atoms with Crippen molar-refractivity contribution in [1.82, 2.24) is 5.32 Å². The van der Waals surface area contributed by atoms with Crippen molar-refractivity contribution in [2.75, 3.05) is 0 Å². The Hall–Kier alpha value is -3.68. The van der Waals surface area contributed by atoms with Crippen LogP contribution in [0.25, 0.3) is 0 Å². The van der Waals surface area contributed by atoms with E-state index in [0.717, 1.165) is 15.9 Å². The van der Waals surface area contributed by atoms with Gasteiger partial charge in [-0.25, -0.2) is 0 Å². The van der Waals surface area contributed by atoms with E-state index in [-0.39, 0.29) is 5.91 Å². The lowest BCUT2D eigenvalue weighted by atomic mass is 10.2. The average Bonchev–Trinajstić information content (AvgIpc) is 2.86. The molecule has 0 spiro atoms. The van der Waals surface area contributed by atoms with Crippen molar-refractivity contribution < 1.29 is 4.79 Å². The minimum absolute atomic E-state index is 0.176. The van der Waals surface area contributed by atoms with E-state index in [1.807, 2.05) is 72.8 Å². The molecule has 0 aliphatic carbocycles. The van der Waals surface area contributed by atoms with Gasteiger partial charge in [-0.1, -0.05) is 72.8 Å². The molecule has 152 valence electrons. The molecule has 0 fully saturated rings. The van der Waals surface area contributed by atoms with Crippen LogP contribution in [0.2, 0.25) is 0 Å². The van der Waals surface area contributed by atoms with Crippen LogP contribution in [0, 0.1) is 0 Å². The van der Waals surface area contributed by atoms with Crippen molar-refractivity contribution in [1.29, 1.82) is 0 Å². The van der Waals surface area contributed by atoms with Gasteiger partial charge in [0.2, 0.25) is 0 Å². The highest BCUT2D eigenvalue weighted by atomic mass is 31.2. The molecule has 0 saturated carbocycles. The van der Waals surface area contributed by atoms with Gasteiger partial charge in [-0.05, 0) is 48.5 Å². The maximum absolute atomic E-state index is 13.2. The molecule has 31 heavy (non-hydrogen) atoms. The molecule has 4 heteroatoms. The van der Waals surface area contributed by atoms with Crippen molar-refractivity contribution in [2.45, 2.75) is 0 Å². The van der Waals surface area contributed by atoms with Crippen LogP contribution >= 0.6 is 7.26 Å². The van der Waals surface area contributed by atoms with Crippen LogP contribution in [0.4, 0.5) is 0 Å². The second-order valence-electron chi connectivity index (χ2n) is 7.05. The summed E-state index contributed by atoms with van der Waals surface area (Å²) in [6.07, 6.45) is 1.56. The molecule has 0 radical (unpaired) electrons. The highest BCUT2D eigenvalue weighted by Crippen LogP contribution is 2.61. The van der Waals surface area contributed by atoms with Gasteiger partial charge in [-0.3, -0.25) is 10.1 Å². The molecule has 0 aliphatic rings. The highest BCUT2D eigenvalue weighted by molar-refractivity contribution is 7.99. The fraction of sp³-hybridized carbons (Fsp3) is 0. The van der Waals surface area contributed by atoms with E-state index in [1.54, 1.807) is 18.3 Å². The molecule has 0 unspecified atom stereocenters. The summed E-state index contributed by atoms with van der Waals surface area (Å²) in [6, 6.07) is 40.1. The van der Waals surface area contributed by atoms with Gasteiger partial charge >= 0.3 is 0 Å². The Bertz CT molecular complexity index is 1060. The molecule has 0 aliphatic heterocycles. The molecule has 0 heterocycles. The van der Waals surface area contributed by atoms with E-state index in [0.29, 0.717) is 11.0 Å². The maximum atomic E-state index is 13.2. The van der Waals surface area contributed by atoms with Gasteiger partial charge in [0.25, 0.3) is 5.91 Å². The summed E-state index contributed by atoms with van der Waals surface area (Å²) in [7, 11) is -2.43. The van der Waals surface area contributed by atoms with Crippen LogP contribution < -0.4 is 27.0 Å². The summed E-state index contributed by atoms with van der Waals surface area (Å²) in [5, 5.41) is 6.53. The normalized spacial score (nSPS) is 11.7. The van der Waals surface area contributed by atoms with Crippen molar-refractivity contribution >= 4 is 29.1 Å². The van der Waals surface area contributed by atoms with Crippen LogP contribution in [0.3, 0.4) is 0 Å². The lowest BCUT2D eigenvalue weighted by Gasteiger charge is -2.29. The summed E-state index contributed by atoms with van der Waals surface area (Å²) in [5.41, 5.74) is 7.55. The fourth-order valence-corrected chi connectivity index (χ4v) is 7.91. The maximum Gasteiger partial charge on any atom is 0.258 e. The summed E-state index contributed by atoms with van der Waals surface area (Å²) in [5.74, 6) is -0.176. The van der Waals surface area contributed by atoms with Gasteiger partial charge in [0.1, 0.15) is 15.9 Å². The Morgan fingerprint density at radius 1 is 0.613 bits per heavy atom. The molecule has 0 atom stereocenters. The van der Waals surface area contributed by atoms with Crippen LogP contribution in [-0.2, 0) is 0 Å². The highest BCUT2D eigenvalue weighted by Gasteiger charge is 2.50. The molecule has 0 saturated heterocycles. The molecule has 0 aromatic heterocycles. The van der Waals surface area contributed by atoms with Gasteiger partial charge in [0, 0.05) is 5.56 Å². The number of amides is 1. The average molecular weight is 423 g/mol. The first-order valence-corrected chi connectivity index (χ1v) is 11.9. The number of carbonyl (C=O) groups excluding carboxylic acids is 1. The zero-order valence-electron chi connectivity index (χ0n) is 17.1. The number of nitrogens with one attached hydrogen (secondary N) is 1. The Kier molecular flexibility index (Phi) is 6.26.